The maximum atomic E-state index is 14.8. The number of hydrogen-bond acceptors (Lipinski definition) is 27. The van der Waals surface area contributed by atoms with Crippen molar-refractivity contribution in [3.05, 3.63) is 323 Å². The maximum Gasteiger partial charge on any atom is 0.338 e. The van der Waals surface area contributed by atoms with E-state index < -0.39 is 205 Å². The van der Waals surface area contributed by atoms with E-state index in [0.29, 0.717) is 0 Å². The van der Waals surface area contributed by atoms with Gasteiger partial charge in [0.15, 0.2) is 55.5 Å². The predicted molar refractivity (Wildman–Crippen MR) is 397 cm³/mol. The van der Waals surface area contributed by atoms with E-state index in [-0.39, 0.29) is 50.1 Å². The molecule has 0 radical (unpaired) electrons. The van der Waals surface area contributed by atoms with Crippen LogP contribution in [-0.4, -0.2) is 205 Å². The summed E-state index contributed by atoms with van der Waals surface area (Å²) < 4.78 is 117. The highest BCUT2D eigenvalue weighted by Crippen LogP contribution is 2.36. The molecule has 27 heteroatoms. The Kier molecular flexibility index (Phi) is 27.9. The molecule has 4 fully saturated rings. The highest BCUT2D eigenvalue weighted by molar-refractivity contribution is 5.94. The van der Waals surface area contributed by atoms with Crippen LogP contribution in [0, 0.1) is 0 Å². The van der Waals surface area contributed by atoms with E-state index in [1.807, 2.05) is 0 Å². The van der Waals surface area contributed by atoms with E-state index in [1.165, 1.54) is 109 Å². The first kappa shape index (κ1) is 79.9. The van der Waals surface area contributed by atoms with Crippen LogP contribution in [0.4, 0.5) is 0 Å². The van der Waals surface area contributed by atoms with Crippen LogP contribution in [0.3, 0.4) is 0 Å². The fourth-order valence-corrected chi connectivity index (χ4v) is 12.9. The highest BCUT2D eigenvalue weighted by atomic mass is 16.8. The van der Waals surface area contributed by atoms with Crippen LogP contribution in [0.25, 0.3) is 0 Å². The Morgan fingerprint density at radius 3 is 0.553 bits per heavy atom. The molecule has 0 spiro atoms. The number of esters is 9. The molecule has 4 saturated heterocycles. The quantitative estimate of drug-likeness (QED) is 0.0476. The second-order valence-corrected chi connectivity index (χ2v) is 26.1. The zero-order chi connectivity index (χ0) is 79.0. The Balaban J connectivity index is 0.924. The van der Waals surface area contributed by atoms with Crippen LogP contribution in [0.2, 0.25) is 0 Å². The van der Waals surface area contributed by atoms with Crippen LogP contribution < -0.4 is 0 Å². The van der Waals surface area contributed by atoms with Crippen LogP contribution >= 0.6 is 0 Å². The summed E-state index contributed by atoms with van der Waals surface area (Å²) in [4.78, 5) is 130. The zero-order valence-electron chi connectivity index (χ0n) is 61.0. The van der Waals surface area contributed by atoms with Gasteiger partial charge in [0, 0.05) is 0 Å². The molecule has 4 aliphatic rings. The fraction of sp³-hybridized carbons (Fsp3) is 0.276. The Labute approximate surface area is 653 Å². The summed E-state index contributed by atoms with van der Waals surface area (Å²) in [5.41, 5.74) is 0.704. The number of hydrogen-bond donors (Lipinski definition) is 0. The van der Waals surface area contributed by atoms with Gasteiger partial charge in [0.2, 0.25) is 0 Å². The SMILES string of the molecule is O=C(OC[C@H]1O[C@@H]2OCCO[C@H]3[C@@H](OCCO[C@H]4[C@@H](OCCO[C@@H]2[C@@H](OC(=O)c2ccccc2)[C@@H]1OC(=O)c1ccccc1)O[C@H](COC(=O)c1ccccc1)[C@@H](OC(=O)c1ccccc1)[C@@H]4OC(=O)c1ccccc1)O[C@H](COC(=O)c1ccccc1)[C@@H](OC(=O)c1ccccc1)[C@@H]3OC(=O)c1ccccc1)c1ccccc1. The second-order valence-electron chi connectivity index (χ2n) is 26.1. The van der Waals surface area contributed by atoms with Gasteiger partial charge in [-0.1, -0.05) is 164 Å². The summed E-state index contributed by atoms with van der Waals surface area (Å²) in [6, 6.07) is 71.0. The van der Waals surface area contributed by atoms with Crippen molar-refractivity contribution < 1.29 is 128 Å². The monoisotopic (exact) mass is 1550 g/mol. The molecular weight excluding hydrogens is 1480 g/mol. The number of benzene rings is 9. The van der Waals surface area contributed by atoms with Crippen LogP contribution in [0.5, 0.6) is 0 Å². The molecule has 0 unspecified atom stereocenters. The molecule has 15 atom stereocenters. The summed E-state index contributed by atoms with van der Waals surface area (Å²) in [7, 11) is 0. The number of ether oxygens (including phenoxy) is 18. The summed E-state index contributed by atoms with van der Waals surface area (Å²) in [6.07, 6.45) is -25.4. The molecule has 0 N–H and O–H groups in total. The van der Waals surface area contributed by atoms with Gasteiger partial charge in [-0.2, -0.15) is 0 Å². The highest BCUT2D eigenvalue weighted by Gasteiger charge is 2.56. The molecule has 27 nitrogen and oxygen atoms in total. The third-order valence-corrected chi connectivity index (χ3v) is 18.5. The van der Waals surface area contributed by atoms with E-state index in [2.05, 4.69) is 0 Å². The van der Waals surface area contributed by atoms with Crippen LogP contribution in [-0.2, 0) is 85.3 Å². The first-order chi connectivity index (χ1) is 55.8. The first-order valence-electron chi connectivity index (χ1n) is 36.7. The van der Waals surface area contributed by atoms with Gasteiger partial charge in [0.25, 0.3) is 0 Å². The Morgan fingerprint density at radius 2 is 0.368 bits per heavy atom. The molecule has 0 saturated carbocycles. The van der Waals surface area contributed by atoms with Crippen molar-refractivity contribution in [1.29, 1.82) is 0 Å². The molecular formula is C87H78O27. The molecule has 9 aromatic carbocycles. The summed E-state index contributed by atoms with van der Waals surface area (Å²) in [5, 5.41) is 0. The third kappa shape index (κ3) is 20.9. The van der Waals surface area contributed by atoms with E-state index in [0.717, 1.165) is 0 Å². The Morgan fingerprint density at radius 1 is 0.211 bits per heavy atom. The Bertz CT molecular complexity index is 4170. The lowest BCUT2D eigenvalue weighted by Crippen LogP contribution is -2.64. The van der Waals surface area contributed by atoms with Gasteiger partial charge in [-0.05, 0) is 109 Å². The predicted octanol–water partition coefficient (Wildman–Crippen LogP) is 10.3. The normalized spacial score (nSPS) is 24.5. The van der Waals surface area contributed by atoms with Gasteiger partial charge in [-0.25, -0.2) is 43.2 Å². The van der Waals surface area contributed by atoms with Gasteiger partial charge in [-0.15, -0.1) is 0 Å². The van der Waals surface area contributed by atoms with Crippen molar-refractivity contribution in [1.82, 2.24) is 0 Å². The lowest BCUT2D eigenvalue weighted by atomic mass is 9.97. The molecule has 9 aromatic rings. The van der Waals surface area contributed by atoms with Crippen molar-refractivity contribution >= 4 is 53.7 Å². The lowest BCUT2D eigenvalue weighted by Gasteiger charge is -2.46. The van der Waals surface area contributed by atoms with Crippen molar-refractivity contribution in [3.63, 3.8) is 0 Å². The van der Waals surface area contributed by atoms with E-state index >= 15 is 0 Å². The number of rotatable bonds is 21. The minimum Gasteiger partial charge on any atom is -0.459 e. The number of carbonyl (C=O) groups excluding carboxylic acids is 9. The molecule has 0 aliphatic carbocycles. The largest absolute Gasteiger partial charge is 0.459 e. The topological polar surface area (TPSA) is 320 Å². The average Bonchev–Trinajstić information content (AvgIpc) is 0.787. The molecule has 588 valence electrons. The van der Waals surface area contributed by atoms with Crippen molar-refractivity contribution in [2.24, 2.45) is 0 Å². The zero-order valence-corrected chi connectivity index (χ0v) is 61.0. The summed E-state index contributed by atoms with van der Waals surface area (Å²) in [5.74, 6) is -8.11. The molecule has 13 rings (SSSR count). The number of carbonyl (C=O) groups is 9. The number of fused-ring (bicyclic) bond motifs is 3. The van der Waals surface area contributed by atoms with Gasteiger partial charge in [-0.3, -0.25) is 0 Å². The van der Waals surface area contributed by atoms with Crippen LogP contribution in [0.1, 0.15) is 93.2 Å². The standard InChI is InChI=1S/C87H78O27/c88-76(55-28-10-1-11-29-55)103-52-64-67(109-79(91)58-34-16-4-17-35-58)70(112-82(94)61-40-22-7-23-41-61)73-85(106-64)100-49-46-98-74-71(113-83(95)62-42-24-8-25-43-62)68(110-80(92)59-36-18-5-19-37-59)65(53-104-77(89)56-30-12-2-13-31-56)107-86(74)102-51-48-99-75-72(114-84(96)63-44-26-9-27-45-63)69(111-81(93)60-38-20-6-21-39-60)66(108-87(75)101-50-47-97-73)54-105-78(90)57-32-14-3-15-33-57/h1-45,64-75,85-87H,46-54H2/t64-,65-,66-,67-,68-,69-,70+,71+,72+,73-,74-,75-,85+,86+,87+/m1/s1. The van der Waals surface area contributed by atoms with E-state index in [4.69, 9.17) is 85.3 Å². The molecule has 0 bridgehead atoms. The van der Waals surface area contributed by atoms with Gasteiger partial charge in [0.05, 0.1) is 89.7 Å². The Hall–Kier alpha value is -12.2. The van der Waals surface area contributed by atoms with Gasteiger partial charge < -0.3 is 85.3 Å². The fourth-order valence-electron chi connectivity index (χ4n) is 12.9. The van der Waals surface area contributed by atoms with E-state index in [9.17, 15) is 43.2 Å². The maximum absolute atomic E-state index is 14.8. The van der Waals surface area contributed by atoms with Gasteiger partial charge in [0.1, 0.15) is 56.4 Å². The smallest absolute Gasteiger partial charge is 0.338 e. The average molecular weight is 1560 g/mol. The summed E-state index contributed by atoms with van der Waals surface area (Å²) >= 11 is 0. The second kappa shape index (κ2) is 39.8. The van der Waals surface area contributed by atoms with Crippen LogP contribution in [0.15, 0.2) is 273 Å². The molecule has 4 aliphatic heterocycles. The van der Waals surface area contributed by atoms with E-state index in [1.54, 1.807) is 164 Å². The van der Waals surface area contributed by atoms with Crippen molar-refractivity contribution in [2.75, 3.05) is 59.5 Å². The first-order valence-corrected chi connectivity index (χ1v) is 36.7. The van der Waals surface area contributed by atoms with Gasteiger partial charge >= 0.3 is 53.7 Å². The molecule has 0 aromatic heterocycles. The lowest BCUT2D eigenvalue weighted by molar-refractivity contribution is -0.332. The minimum absolute atomic E-state index is 0.0386. The molecule has 4 heterocycles. The third-order valence-electron chi connectivity index (χ3n) is 18.5. The minimum atomic E-state index is -1.76. The molecule has 0 amide bonds. The summed E-state index contributed by atoms with van der Waals surface area (Å²) in [6.45, 7) is -5.16. The molecule has 114 heavy (non-hydrogen) atoms. The van der Waals surface area contributed by atoms with Crippen molar-refractivity contribution in [2.45, 2.75) is 92.1 Å². The van der Waals surface area contributed by atoms with Crippen molar-refractivity contribution in [3.8, 4) is 0 Å².